The summed E-state index contributed by atoms with van der Waals surface area (Å²) in [5.74, 6) is -2.34. The highest BCUT2D eigenvalue weighted by Crippen LogP contribution is 2.38. The van der Waals surface area contributed by atoms with Crippen molar-refractivity contribution in [2.75, 3.05) is 11.9 Å². The summed E-state index contributed by atoms with van der Waals surface area (Å²) in [6, 6.07) is 10.0. The van der Waals surface area contributed by atoms with E-state index in [1.54, 1.807) is 12.1 Å². The normalized spacial score (nSPS) is 12.4. The van der Waals surface area contributed by atoms with Gasteiger partial charge in [-0.15, -0.1) is 0 Å². The Morgan fingerprint density at radius 3 is 2.42 bits per heavy atom. The number of nitrogens with zero attached hydrogens (tertiary/aromatic N) is 2. The molecule has 6 nitrogen and oxygen atoms in total. The zero-order valence-electron chi connectivity index (χ0n) is 18.3. The van der Waals surface area contributed by atoms with E-state index in [2.05, 4.69) is 10.3 Å². The Balaban J connectivity index is 1.85. The molecular weight excluding hydrogens is 472 g/mol. The molecule has 0 spiro atoms. The van der Waals surface area contributed by atoms with Gasteiger partial charge in [-0.05, 0) is 57.0 Å². The number of aromatic hydroxyl groups is 1. The van der Waals surface area contributed by atoms with Gasteiger partial charge in [0.15, 0.2) is 16.8 Å². The number of amides is 1. The molecule has 0 aliphatic heterocycles. The molecule has 3 rings (SSSR count). The number of hydrogen-bond acceptors (Lipinski definition) is 5. The Morgan fingerprint density at radius 1 is 1.18 bits per heavy atom. The van der Waals surface area contributed by atoms with Gasteiger partial charge in [0.1, 0.15) is 0 Å². The van der Waals surface area contributed by atoms with E-state index < -0.39 is 29.3 Å². The molecule has 33 heavy (non-hydrogen) atoms. The maximum atomic E-state index is 13.6. The SMILES string of the molecule is CC(C)(C)N(C(=O)O)[C@H](CNc1nc(O)c(-c2ccc(F)c(F)c2)s1)Cc1ccc(Cl)cc1. The van der Waals surface area contributed by atoms with Gasteiger partial charge in [0.2, 0.25) is 5.88 Å². The molecule has 0 saturated carbocycles. The van der Waals surface area contributed by atoms with Crippen LogP contribution in [0.25, 0.3) is 10.4 Å². The van der Waals surface area contributed by atoms with Crippen LogP contribution in [0.5, 0.6) is 5.88 Å². The van der Waals surface area contributed by atoms with E-state index in [1.807, 2.05) is 32.9 Å². The third kappa shape index (κ3) is 6.11. The molecule has 1 aromatic heterocycles. The Morgan fingerprint density at radius 2 is 1.85 bits per heavy atom. The molecule has 0 saturated heterocycles. The molecule has 3 aromatic rings. The Bertz CT molecular complexity index is 1130. The lowest BCUT2D eigenvalue weighted by molar-refractivity contribution is 0.0737. The number of rotatable bonds is 7. The Labute approximate surface area is 199 Å². The van der Waals surface area contributed by atoms with Gasteiger partial charge in [-0.1, -0.05) is 41.1 Å². The highest BCUT2D eigenvalue weighted by atomic mass is 35.5. The molecule has 10 heteroatoms. The van der Waals surface area contributed by atoms with Crippen LogP contribution in [-0.4, -0.2) is 44.3 Å². The molecular formula is C23H24ClF2N3O3S. The lowest BCUT2D eigenvalue weighted by Crippen LogP contribution is -2.54. The monoisotopic (exact) mass is 495 g/mol. The van der Waals surface area contributed by atoms with Crippen molar-refractivity contribution in [1.82, 2.24) is 9.88 Å². The molecule has 0 bridgehead atoms. The topological polar surface area (TPSA) is 85.7 Å². The zero-order valence-corrected chi connectivity index (χ0v) is 19.8. The van der Waals surface area contributed by atoms with Crippen LogP contribution in [0.2, 0.25) is 5.02 Å². The standard InChI is InChI=1S/C23H24ClF2N3O3S/c1-23(2,3)29(22(31)32)16(10-13-4-7-15(24)8-5-13)12-27-21-28-20(30)19(33-21)14-6-9-17(25)18(26)11-14/h4-9,11,16,30H,10,12H2,1-3H3,(H,27,28)(H,31,32)/t16-/m0/s1. The second-order valence-electron chi connectivity index (χ2n) is 8.49. The van der Waals surface area contributed by atoms with Gasteiger partial charge in [0.25, 0.3) is 0 Å². The summed E-state index contributed by atoms with van der Waals surface area (Å²) < 4.78 is 26.9. The van der Waals surface area contributed by atoms with E-state index in [0.29, 0.717) is 16.6 Å². The quantitative estimate of drug-likeness (QED) is 0.361. The fourth-order valence-electron chi connectivity index (χ4n) is 3.56. The maximum absolute atomic E-state index is 13.6. The molecule has 0 unspecified atom stereocenters. The van der Waals surface area contributed by atoms with Crippen molar-refractivity contribution in [3.8, 4) is 16.3 Å². The summed E-state index contributed by atoms with van der Waals surface area (Å²) in [5.41, 5.74) is 0.523. The highest BCUT2D eigenvalue weighted by Gasteiger charge is 2.33. The summed E-state index contributed by atoms with van der Waals surface area (Å²) in [7, 11) is 0. The molecule has 0 radical (unpaired) electrons. The van der Waals surface area contributed by atoms with Crippen molar-refractivity contribution in [2.24, 2.45) is 0 Å². The van der Waals surface area contributed by atoms with E-state index in [9.17, 15) is 23.8 Å². The van der Waals surface area contributed by atoms with E-state index in [4.69, 9.17) is 11.6 Å². The van der Waals surface area contributed by atoms with Gasteiger partial charge in [-0.2, -0.15) is 4.98 Å². The second-order valence-corrected chi connectivity index (χ2v) is 9.92. The first-order valence-corrected chi connectivity index (χ1v) is 11.3. The fourth-order valence-corrected chi connectivity index (χ4v) is 4.55. The number of benzene rings is 2. The summed E-state index contributed by atoms with van der Waals surface area (Å²) in [4.78, 5) is 17.8. The van der Waals surface area contributed by atoms with Crippen LogP contribution in [0.15, 0.2) is 42.5 Å². The van der Waals surface area contributed by atoms with Gasteiger partial charge >= 0.3 is 6.09 Å². The number of nitrogens with one attached hydrogen (secondary N) is 1. The van der Waals surface area contributed by atoms with Crippen molar-refractivity contribution in [3.05, 3.63) is 64.7 Å². The zero-order chi connectivity index (χ0) is 24.3. The number of hydrogen-bond donors (Lipinski definition) is 3. The van der Waals surface area contributed by atoms with Gasteiger partial charge in [0.05, 0.1) is 10.9 Å². The molecule has 1 atom stereocenters. The smallest absolute Gasteiger partial charge is 0.408 e. The van der Waals surface area contributed by atoms with Crippen LogP contribution < -0.4 is 5.32 Å². The van der Waals surface area contributed by atoms with Crippen LogP contribution >= 0.6 is 22.9 Å². The van der Waals surface area contributed by atoms with Gasteiger partial charge in [-0.25, -0.2) is 13.6 Å². The molecule has 176 valence electrons. The third-order valence-corrected chi connectivity index (χ3v) is 6.26. The van der Waals surface area contributed by atoms with E-state index in [1.165, 1.54) is 11.0 Å². The van der Waals surface area contributed by atoms with E-state index >= 15 is 0 Å². The van der Waals surface area contributed by atoms with Crippen LogP contribution in [0.3, 0.4) is 0 Å². The molecule has 0 aliphatic carbocycles. The van der Waals surface area contributed by atoms with Crippen molar-refractivity contribution < 1.29 is 23.8 Å². The average Bonchev–Trinajstić information content (AvgIpc) is 3.09. The molecule has 0 aliphatic rings. The molecule has 1 amide bonds. The van der Waals surface area contributed by atoms with Crippen molar-refractivity contribution in [1.29, 1.82) is 0 Å². The molecule has 2 aromatic carbocycles. The average molecular weight is 496 g/mol. The van der Waals surface area contributed by atoms with Gasteiger partial charge in [0, 0.05) is 22.7 Å². The predicted molar refractivity (Wildman–Crippen MR) is 126 cm³/mol. The first kappa shape index (κ1) is 24.7. The summed E-state index contributed by atoms with van der Waals surface area (Å²) in [5, 5.41) is 24.1. The Kier molecular flexibility index (Phi) is 7.44. The Hall–Kier alpha value is -2.91. The van der Waals surface area contributed by atoms with E-state index in [0.717, 1.165) is 29.0 Å². The molecule has 3 N–H and O–H groups in total. The van der Waals surface area contributed by atoms with E-state index in [-0.39, 0.29) is 22.9 Å². The summed E-state index contributed by atoms with van der Waals surface area (Å²) in [6.45, 7) is 5.64. The molecule has 1 heterocycles. The van der Waals surface area contributed by atoms with Crippen LogP contribution in [0, 0.1) is 11.6 Å². The largest absolute Gasteiger partial charge is 0.492 e. The summed E-state index contributed by atoms with van der Waals surface area (Å²) in [6.07, 6.45) is -0.645. The van der Waals surface area contributed by atoms with Crippen LogP contribution in [0.1, 0.15) is 26.3 Å². The highest BCUT2D eigenvalue weighted by molar-refractivity contribution is 7.19. The predicted octanol–water partition coefficient (Wildman–Crippen LogP) is 6.25. The number of aromatic nitrogens is 1. The number of carboxylic acid groups (broad SMARTS) is 1. The third-order valence-electron chi connectivity index (χ3n) is 4.96. The maximum Gasteiger partial charge on any atom is 0.408 e. The van der Waals surface area contributed by atoms with Crippen LogP contribution in [-0.2, 0) is 6.42 Å². The van der Waals surface area contributed by atoms with Crippen molar-refractivity contribution in [3.63, 3.8) is 0 Å². The van der Waals surface area contributed by atoms with Crippen molar-refractivity contribution >= 4 is 34.2 Å². The lowest BCUT2D eigenvalue weighted by Gasteiger charge is -2.40. The number of anilines is 1. The fraction of sp³-hybridized carbons (Fsp3) is 0.304. The first-order chi connectivity index (χ1) is 15.5. The van der Waals surface area contributed by atoms with Crippen LogP contribution in [0.4, 0.5) is 18.7 Å². The number of thiazole rings is 1. The minimum Gasteiger partial charge on any atom is -0.492 e. The van der Waals surface area contributed by atoms with Crippen molar-refractivity contribution in [2.45, 2.75) is 38.8 Å². The minimum atomic E-state index is -1.06. The number of halogens is 3. The summed E-state index contributed by atoms with van der Waals surface area (Å²) >= 11 is 7.03. The van der Waals surface area contributed by atoms with Gasteiger partial charge in [-0.3, -0.25) is 4.90 Å². The minimum absolute atomic E-state index is 0.205. The van der Waals surface area contributed by atoms with Gasteiger partial charge < -0.3 is 15.5 Å². The number of carbonyl (C=O) groups is 1. The lowest BCUT2D eigenvalue weighted by atomic mass is 9.98. The molecule has 0 fully saturated rings. The first-order valence-electron chi connectivity index (χ1n) is 10.1. The second kappa shape index (κ2) is 9.93.